The van der Waals surface area contributed by atoms with Gasteiger partial charge >= 0.3 is 0 Å². The van der Waals surface area contributed by atoms with E-state index in [0.29, 0.717) is 6.42 Å². The molecule has 0 radical (unpaired) electrons. The van der Waals surface area contributed by atoms with E-state index in [2.05, 4.69) is 5.32 Å². The van der Waals surface area contributed by atoms with E-state index in [1.165, 1.54) is 23.5 Å². The highest BCUT2D eigenvalue weighted by Gasteiger charge is 2.16. The summed E-state index contributed by atoms with van der Waals surface area (Å²) in [6, 6.07) is 10.3. The molecule has 0 aliphatic heterocycles. The Hall–Kier alpha value is -1.74. The summed E-state index contributed by atoms with van der Waals surface area (Å²) in [4.78, 5) is 0.950. The highest BCUT2D eigenvalue weighted by atomic mass is 32.1. The van der Waals surface area contributed by atoms with Crippen molar-refractivity contribution in [3.05, 3.63) is 57.5 Å². The van der Waals surface area contributed by atoms with Crippen LogP contribution in [0.5, 0.6) is 0 Å². The number of rotatable bonds is 6. The fourth-order valence-electron chi connectivity index (χ4n) is 2.41. The van der Waals surface area contributed by atoms with Gasteiger partial charge in [-0.3, -0.25) is 0 Å². The van der Waals surface area contributed by atoms with Gasteiger partial charge in [-0.15, -0.1) is 11.3 Å². The second-order valence-corrected chi connectivity index (χ2v) is 6.39. The Balaban J connectivity index is 1.95. The van der Waals surface area contributed by atoms with Crippen LogP contribution in [0.2, 0.25) is 0 Å². The van der Waals surface area contributed by atoms with Crippen LogP contribution in [0.15, 0.2) is 35.7 Å². The van der Waals surface area contributed by atoms with Gasteiger partial charge in [0.15, 0.2) is 0 Å². The highest BCUT2D eigenvalue weighted by Crippen LogP contribution is 2.24. The van der Waals surface area contributed by atoms with Crippen LogP contribution in [0.25, 0.3) is 0 Å². The molecule has 2 rings (SSSR count). The first-order valence-electron chi connectivity index (χ1n) is 7.18. The maximum atomic E-state index is 13.7. The standard InChI is InChI=1S/C17H19FN2OS/c1-11(8-16(21)17-4-3-7-22-17)20-12(2)13-5-6-14(10-19)15(18)9-13/h3-7,9,11-12,16,20-21H,8H2,1-2H3. The van der Waals surface area contributed by atoms with Crippen LogP contribution in [0.3, 0.4) is 0 Å². The number of hydrogen-bond acceptors (Lipinski definition) is 4. The third-order valence-electron chi connectivity index (χ3n) is 3.60. The number of benzene rings is 1. The lowest BCUT2D eigenvalue weighted by molar-refractivity contribution is 0.155. The van der Waals surface area contributed by atoms with Crippen molar-refractivity contribution in [2.45, 2.75) is 38.5 Å². The predicted octanol–water partition coefficient (Wildman–Crippen LogP) is 3.92. The Bertz CT molecular complexity index is 651. The zero-order chi connectivity index (χ0) is 16.1. The van der Waals surface area contributed by atoms with Gasteiger partial charge in [-0.2, -0.15) is 5.26 Å². The van der Waals surface area contributed by atoms with Gasteiger partial charge in [0.25, 0.3) is 0 Å². The number of aliphatic hydroxyl groups is 1. The number of hydrogen-bond donors (Lipinski definition) is 2. The van der Waals surface area contributed by atoms with Crippen molar-refractivity contribution >= 4 is 11.3 Å². The van der Waals surface area contributed by atoms with E-state index in [0.717, 1.165) is 10.4 Å². The molecule has 1 aromatic heterocycles. The number of nitrogens with zero attached hydrogens (tertiary/aromatic N) is 1. The maximum absolute atomic E-state index is 13.7. The minimum Gasteiger partial charge on any atom is -0.388 e. The summed E-state index contributed by atoms with van der Waals surface area (Å²) < 4.78 is 13.7. The predicted molar refractivity (Wildman–Crippen MR) is 86.0 cm³/mol. The monoisotopic (exact) mass is 318 g/mol. The molecule has 3 unspecified atom stereocenters. The molecule has 1 heterocycles. The Morgan fingerprint density at radius 3 is 2.73 bits per heavy atom. The summed E-state index contributed by atoms with van der Waals surface area (Å²) in [6.07, 6.45) is 0.0938. The fraction of sp³-hybridized carbons (Fsp3) is 0.353. The number of nitrogens with one attached hydrogen (secondary N) is 1. The van der Waals surface area contributed by atoms with E-state index in [1.54, 1.807) is 6.07 Å². The molecule has 0 aliphatic rings. The summed E-state index contributed by atoms with van der Waals surface area (Å²) in [5.74, 6) is -0.500. The van der Waals surface area contributed by atoms with Gasteiger partial charge in [0.1, 0.15) is 11.9 Å². The molecule has 5 heteroatoms. The molecule has 2 N–H and O–H groups in total. The average Bonchev–Trinajstić information content (AvgIpc) is 3.01. The largest absolute Gasteiger partial charge is 0.388 e. The van der Waals surface area contributed by atoms with Crippen LogP contribution in [-0.2, 0) is 0 Å². The first-order valence-corrected chi connectivity index (χ1v) is 8.06. The van der Waals surface area contributed by atoms with Crippen LogP contribution >= 0.6 is 11.3 Å². The van der Waals surface area contributed by atoms with Gasteiger partial charge in [-0.25, -0.2) is 4.39 Å². The molecule has 0 saturated heterocycles. The van der Waals surface area contributed by atoms with E-state index < -0.39 is 11.9 Å². The van der Waals surface area contributed by atoms with Crippen molar-refractivity contribution in [1.29, 1.82) is 5.26 Å². The second-order valence-electron chi connectivity index (χ2n) is 5.41. The first kappa shape index (κ1) is 16.6. The van der Waals surface area contributed by atoms with Gasteiger partial charge in [0, 0.05) is 17.0 Å². The van der Waals surface area contributed by atoms with Crippen LogP contribution in [0.1, 0.15) is 48.4 Å². The average molecular weight is 318 g/mol. The molecule has 3 atom stereocenters. The number of thiophene rings is 1. The third kappa shape index (κ3) is 4.14. The second kappa shape index (κ2) is 7.50. The molecular weight excluding hydrogens is 299 g/mol. The van der Waals surface area contributed by atoms with Gasteiger partial charge in [0.2, 0.25) is 0 Å². The van der Waals surface area contributed by atoms with Gasteiger partial charge < -0.3 is 10.4 Å². The van der Waals surface area contributed by atoms with Crippen molar-refractivity contribution in [3.63, 3.8) is 0 Å². The third-order valence-corrected chi connectivity index (χ3v) is 4.57. The van der Waals surface area contributed by atoms with Crippen molar-refractivity contribution < 1.29 is 9.50 Å². The molecule has 0 spiro atoms. The van der Waals surface area contributed by atoms with Gasteiger partial charge in [0.05, 0.1) is 11.7 Å². The highest BCUT2D eigenvalue weighted by molar-refractivity contribution is 7.10. The fourth-order valence-corrected chi connectivity index (χ4v) is 3.14. The lowest BCUT2D eigenvalue weighted by Gasteiger charge is -2.22. The Kier molecular flexibility index (Phi) is 5.67. The lowest BCUT2D eigenvalue weighted by Crippen LogP contribution is -2.30. The topological polar surface area (TPSA) is 56.0 Å². The van der Waals surface area contributed by atoms with Crippen molar-refractivity contribution in [2.24, 2.45) is 0 Å². The molecule has 22 heavy (non-hydrogen) atoms. The summed E-state index contributed by atoms with van der Waals surface area (Å²) >= 11 is 1.54. The Morgan fingerprint density at radius 1 is 1.36 bits per heavy atom. The van der Waals surface area contributed by atoms with Crippen LogP contribution in [0, 0.1) is 17.1 Å². The van der Waals surface area contributed by atoms with Crippen LogP contribution in [-0.4, -0.2) is 11.1 Å². The number of nitriles is 1. The van der Waals surface area contributed by atoms with E-state index in [1.807, 2.05) is 37.4 Å². The lowest BCUT2D eigenvalue weighted by atomic mass is 10.0. The van der Waals surface area contributed by atoms with Crippen LogP contribution in [0.4, 0.5) is 4.39 Å². The van der Waals surface area contributed by atoms with E-state index in [9.17, 15) is 9.50 Å². The minimum absolute atomic E-state index is 0.0529. The number of halogens is 1. The normalized spacial score (nSPS) is 15.0. The zero-order valence-corrected chi connectivity index (χ0v) is 13.4. The molecule has 3 nitrogen and oxygen atoms in total. The first-order chi connectivity index (χ1) is 10.5. The van der Waals surface area contributed by atoms with Gasteiger partial charge in [-0.05, 0) is 49.4 Å². The van der Waals surface area contributed by atoms with E-state index in [-0.39, 0.29) is 17.6 Å². The van der Waals surface area contributed by atoms with Crippen molar-refractivity contribution in [1.82, 2.24) is 5.32 Å². The Labute approximate surface area is 134 Å². The van der Waals surface area contributed by atoms with Crippen LogP contribution < -0.4 is 5.32 Å². The molecular formula is C17H19FN2OS. The molecule has 0 amide bonds. The molecule has 116 valence electrons. The summed E-state index contributed by atoms with van der Waals surface area (Å²) in [7, 11) is 0. The quantitative estimate of drug-likeness (QED) is 0.848. The summed E-state index contributed by atoms with van der Waals surface area (Å²) in [5, 5.41) is 24.2. The van der Waals surface area contributed by atoms with Crippen molar-refractivity contribution in [2.75, 3.05) is 0 Å². The zero-order valence-electron chi connectivity index (χ0n) is 12.6. The summed E-state index contributed by atoms with van der Waals surface area (Å²) in [6.45, 7) is 3.93. The smallest absolute Gasteiger partial charge is 0.141 e. The molecule has 0 saturated carbocycles. The molecule has 0 aliphatic carbocycles. The number of aliphatic hydroxyl groups excluding tert-OH is 1. The SMILES string of the molecule is CC(CC(O)c1cccs1)NC(C)c1ccc(C#N)c(F)c1. The summed E-state index contributed by atoms with van der Waals surface area (Å²) in [5.41, 5.74) is 0.839. The minimum atomic E-state index is -0.500. The molecule has 0 fully saturated rings. The van der Waals surface area contributed by atoms with Crippen molar-refractivity contribution in [3.8, 4) is 6.07 Å². The molecule has 2 aromatic rings. The van der Waals surface area contributed by atoms with E-state index >= 15 is 0 Å². The maximum Gasteiger partial charge on any atom is 0.141 e. The molecule has 1 aromatic carbocycles. The van der Waals surface area contributed by atoms with Gasteiger partial charge in [-0.1, -0.05) is 12.1 Å². The van der Waals surface area contributed by atoms with E-state index in [4.69, 9.17) is 5.26 Å². The molecule has 0 bridgehead atoms. The Morgan fingerprint density at radius 2 is 2.14 bits per heavy atom.